The minimum absolute atomic E-state index is 0.110. The van der Waals surface area contributed by atoms with E-state index < -0.39 is 0 Å². The summed E-state index contributed by atoms with van der Waals surface area (Å²) in [6.45, 7) is 7.27. The van der Waals surface area contributed by atoms with Crippen molar-refractivity contribution in [3.8, 4) is 0 Å². The molecule has 3 rings (SSSR count). The van der Waals surface area contributed by atoms with Crippen LogP contribution in [0, 0.1) is 0 Å². The van der Waals surface area contributed by atoms with E-state index in [4.69, 9.17) is 0 Å². The highest BCUT2D eigenvalue weighted by atomic mass is 32.2. The molecule has 28 heavy (non-hydrogen) atoms. The third-order valence-corrected chi connectivity index (χ3v) is 6.29. The van der Waals surface area contributed by atoms with Crippen molar-refractivity contribution in [1.29, 1.82) is 0 Å². The lowest BCUT2D eigenvalue weighted by Crippen LogP contribution is -2.53. The summed E-state index contributed by atoms with van der Waals surface area (Å²) in [7, 11) is 2.04. The highest BCUT2D eigenvalue weighted by Crippen LogP contribution is 2.17. The minimum atomic E-state index is -0.110. The Bertz CT molecular complexity index is 742. The summed E-state index contributed by atoms with van der Waals surface area (Å²) in [5.74, 6) is 0.239. The minimum Gasteiger partial charge on any atom is -0.339 e. The molecule has 0 aliphatic carbocycles. The Labute approximate surface area is 173 Å². The second-order valence-electron chi connectivity index (χ2n) is 7.53. The van der Waals surface area contributed by atoms with E-state index in [1.54, 1.807) is 11.8 Å². The predicted molar refractivity (Wildman–Crippen MR) is 117 cm³/mol. The van der Waals surface area contributed by atoms with Gasteiger partial charge in [-0.05, 0) is 43.5 Å². The number of piperazine rings is 1. The van der Waals surface area contributed by atoms with Gasteiger partial charge in [-0.2, -0.15) is 0 Å². The molecule has 5 heteroatoms. The fourth-order valence-electron chi connectivity index (χ4n) is 3.58. The van der Waals surface area contributed by atoms with E-state index in [1.807, 2.05) is 18.9 Å². The SMILES string of the molecule is CSc1ccc(CN(C)[C@@H](C)C(=O)N2CCN(Cc3ccccc3)CC2)cc1. The van der Waals surface area contributed by atoms with Crippen LogP contribution in [0.2, 0.25) is 0 Å². The average Bonchev–Trinajstić information content (AvgIpc) is 2.74. The molecule has 4 nitrogen and oxygen atoms in total. The van der Waals surface area contributed by atoms with Gasteiger partial charge < -0.3 is 4.90 Å². The molecule has 150 valence electrons. The summed E-state index contributed by atoms with van der Waals surface area (Å²) in [5.41, 5.74) is 2.58. The van der Waals surface area contributed by atoms with Gasteiger partial charge in [0.25, 0.3) is 0 Å². The molecule has 0 unspecified atom stereocenters. The van der Waals surface area contributed by atoms with Crippen molar-refractivity contribution in [2.45, 2.75) is 31.0 Å². The second kappa shape index (κ2) is 10.1. The monoisotopic (exact) mass is 397 g/mol. The molecule has 0 spiro atoms. The zero-order valence-corrected chi connectivity index (χ0v) is 18.0. The van der Waals surface area contributed by atoms with Crippen LogP contribution in [0.5, 0.6) is 0 Å². The van der Waals surface area contributed by atoms with Gasteiger partial charge in [-0.3, -0.25) is 14.6 Å². The number of hydrogen-bond donors (Lipinski definition) is 0. The van der Waals surface area contributed by atoms with Crippen LogP contribution >= 0.6 is 11.8 Å². The largest absolute Gasteiger partial charge is 0.339 e. The van der Waals surface area contributed by atoms with Crippen LogP contribution in [0.4, 0.5) is 0 Å². The topological polar surface area (TPSA) is 26.8 Å². The van der Waals surface area contributed by atoms with Crippen molar-refractivity contribution in [3.05, 3.63) is 65.7 Å². The Hall–Kier alpha value is -1.82. The van der Waals surface area contributed by atoms with Crippen molar-refractivity contribution in [1.82, 2.24) is 14.7 Å². The molecule has 1 aliphatic heterocycles. The number of rotatable bonds is 7. The van der Waals surface area contributed by atoms with Crippen LogP contribution in [-0.2, 0) is 17.9 Å². The first-order chi connectivity index (χ1) is 13.6. The lowest BCUT2D eigenvalue weighted by Gasteiger charge is -2.37. The maximum atomic E-state index is 13.0. The number of hydrogen-bond acceptors (Lipinski definition) is 4. The normalized spacial score (nSPS) is 16.4. The Morgan fingerprint density at radius 3 is 2.25 bits per heavy atom. The van der Waals surface area contributed by atoms with Crippen LogP contribution in [0.3, 0.4) is 0 Å². The van der Waals surface area contributed by atoms with Crippen LogP contribution in [0.1, 0.15) is 18.1 Å². The van der Waals surface area contributed by atoms with Gasteiger partial charge in [0.2, 0.25) is 5.91 Å². The van der Waals surface area contributed by atoms with Gasteiger partial charge in [-0.1, -0.05) is 42.5 Å². The number of amides is 1. The third-order valence-electron chi connectivity index (χ3n) is 5.54. The molecule has 1 fully saturated rings. The van der Waals surface area contributed by atoms with Gasteiger partial charge in [0.15, 0.2) is 0 Å². The molecular weight excluding hydrogens is 366 g/mol. The first kappa shape index (κ1) is 20.9. The number of nitrogens with zero attached hydrogens (tertiary/aromatic N) is 3. The van der Waals surface area contributed by atoms with Gasteiger partial charge >= 0.3 is 0 Å². The van der Waals surface area contributed by atoms with Crippen molar-refractivity contribution < 1.29 is 4.79 Å². The number of carbonyl (C=O) groups excluding carboxylic acids is 1. The van der Waals surface area contributed by atoms with Crippen molar-refractivity contribution in [2.24, 2.45) is 0 Å². The Balaban J connectivity index is 1.48. The van der Waals surface area contributed by atoms with Crippen LogP contribution in [-0.4, -0.2) is 66.1 Å². The van der Waals surface area contributed by atoms with Crippen LogP contribution in [0.25, 0.3) is 0 Å². The molecule has 1 saturated heterocycles. The van der Waals surface area contributed by atoms with Gasteiger partial charge in [-0.25, -0.2) is 0 Å². The zero-order valence-electron chi connectivity index (χ0n) is 17.2. The van der Waals surface area contributed by atoms with Crippen molar-refractivity contribution >= 4 is 17.7 Å². The van der Waals surface area contributed by atoms with Crippen LogP contribution < -0.4 is 0 Å². The van der Waals surface area contributed by atoms with E-state index in [0.717, 1.165) is 39.3 Å². The Morgan fingerprint density at radius 2 is 1.64 bits per heavy atom. The predicted octanol–water partition coefficient (Wildman–Crippen LogP) is 3.57. The van der Waals surface area contributed by atoms with Gasteiger partial charge in [-0.15, -0.1) is 11.8 Å². The standard InChI is InChI=1S/C23H31N3OS/c1-19(24(2)17-21-9-11-22(28-3)12-10-21)23(27)26-15-13-25(14-16-26)18-20-7-5-4-6-8-20/h4-12,19H,13-18H2,1-3H3/t19-/m0/s1. The molecule has 1 heterocycles. The maximum absolute atomic E-state index is 13.0. The van der Waals surface area contributed by atoms with E-state index >= 15 is 0 Å². The van der Waals surface area contributed by atoms with E-state index in [-0.39, 0.29) is 11.9 Å². The van der Waals surface area contributed by atoms with Gasteiger partial charge in [0.1, 0.15) is 0 Å². The van der Waals surface area contributed by atoms with E-state index in [0.29, 0.717) is 0 Å². The fraction of sp³-hybridized carbons (Fsp3) is 0.435. The molecule has 0 aromatic heterocycles. The number of likely N-dealkylation sites (N-methyl/N-ethyl adjacent to an activating group) is 1. The summed E-state index contributed by atoms with van der Waals surface area (Å²) in [5, 5.41) is 0. The highest BCUT2D eigenvalue weighted by Gasteiger charge is 2.27. The summed E-state index contributed by atoms with van der Waals surface area (Å²) in [6.07, 6.45) is 2.08. The van der Waals surface area contributed by atoms with E-state index in [9.17, 15) is 4.79 Å². The Kier molecular flexibility index (Phi) is 7.54. The number of thioether (sulfide) groups is 1. The molecule has 1 amide bonds. The first-order valence-electron chi connectivity index (χ1n) is 9.95. The molecule has 1 atom stereocenters. The zero-order chi connectivity index (χ0) is 19.9. The third kappa shape index (κ3) is 5.60. The molecule has 1 aliphatic rings. The quantitative estimate of drug-likeness (QED) is 0.668. The van der Waals surface area contributed by atoms with Crippen molar-refractivity contribution in [3.63, 3.8) is 0 Å². The summed E-state index contributed by atoms with van der Waals surface area (Å²) >= 11 is 1.75. The molecule has 0 radical (unpaired) electrons. The van der Waals surface area contributed by atoms with E-state index in [2.05, 4.69) is 70.7 Å². The molecule has 2 aromatic carbocycles. The molecule has 0 bridgehead atoms. The second-order valence-corrected chi connectivity index (χ2v) is 8.41. The highest BCUT2D eigenvalue weighted by molar-refractivity contribution is 7.98. The molecule has 2 aromatic rings. The lowest BCUT2D eigenvalue weighted by molar-refractivity contribution is -0.138. The summed E-state index contributed by atoms with van der Waals surface area (Å²) in [6, 6.07) is 19.0. The molecule has 0 saturated carbocycles. The lowest BCUT2D eigenvalue weighted by atomic mass is 10.1. The van der Waals surface area contributed by atoms with Crippen LogP contribution in [0.15, 0.2) is 59.5 Å². The Morgan fingerprint density at radius 1 is 1.00 bits per heavy atom. The van der Waals surface area contributed by atoms with Crippen molar-refractivity contribution in [2.75, 3.05) is 39.5 Å². The maximum Gasteiger partial charge on any atom is 0.239 e. The van der Waals surface area contributed by atoms with Gasteiger partial charge in [0, 0.05) is 44.2 Å². The van der Waals surface area contributed by atoms with Gasteiger partial charge in [0.05, 0.1) is 6.04 Å². The average molecular weight is 398 g/mol. The fourth-order valence-corrected chi connectivity index (χ4v) is 3.98. The summed E-state index contributed by atoms with van der Waals surface area (Å²) in [4.78, 5) is 20.8. The number of carbonyl (C=O) groups is 1. The van der Waals surface area contributed by atoms with E-state index in [1.165, 1.54) is 16.0 Å². The molecular formula is C23H31N3OS. The first-order valence-corrected chi connectivity index (χ1v) is 11.2. The summed E-state index contributed by atoms with van der Waals surface area (Å²) < 4.78 is 0. The smallest absolute Gasteiger partial charge is 0.239 e. The molecule has 0 N–H and O–H groups in total. The number of benzene rings is 2.